The number of rotatable bonds is 2. The molecule has 0 spiro atoms. The Labute approximate surface area is 87.1 Å². The summed E-state index contributed by atoms with van der Waals surface area (Å²) in [6.07, 6.45) is 0. The molecular formula is C10H14BrNO. The van der Waals surface area contributed by atoms with Crippen molar-refractivity contribution in [3.05, 3.63) is 28.2 Å². The van der Waals surface area contributed by atoms with E-state index in [1.807, 2.05) is 33.0 Å². The topological polar surface area (TPSA) is 32.3 Å². The molecule has 2 nitrogen and oxygen atoms in total. The Kier molecular flexibility index (Phi) is 2.98. The maximum Gasteiger partial charge on any atom is 0.121 e. The van der Waals surface area contributed by atoms with Crippen LogP contribution in [0.15, 0.2) is 22.7 Å². The zero-order valence-electron chi connectivity index (χ0n) is 8.06. The number of aromatic hydroxyl groups is 1. The highest BCUT2D eigenvalue weighted by Crippen LogP contribution is 2.30. The van der Waals surface area contributed by atoms with Gasteiger partial charge in [0.2, 0.25) is 0 Å². The minimum absolute atomic E-state index is 0.204. The summed E-state index contributed by atoms with van der Waals surface area (Å²) >= 11 is 3.30. The van der Waals surface area contributed by atoms with E-state index >= 15 is 0 Å². The lowest BCUT2D eigenvalue weighted by molar-refractivity contribution is 0.401. The van der Waals surface area contributed by atoms with E-state index in [-0.39, 0.29) is 5.54 Å². The molecule has 2 N–H and O–H groups in total. The molecule has 0 aliphatic heterocycles. The smallest absolute Gasteiger partial charge is 0.121 e. The summed E-state index contributed by atoms with van der Waals surface area (Å²) in [4.78, 5) is 0. The maximum absolute atomic E-state index is 9.69. The van der Waals surface area contributed by atoms with Crippen LogP contribution in [-0.2, 0) is 5.54 Å². The van der Waals surface area contributed by atoms with Crippen molar-refractivity contribution in [3.8, 4) is 5.75 Å². The molecule has 0 amide bonds. The first-order chi connectivity index (χ1) is 5.97. The molecule has 1 aromatic carbocycles. The summed E-state index contributed by atoms with van der Waals surface area (Å²) < 4.78 is 0.889. The van der Waals surface area contributed by atoms with Crippen molar-refractivity contribution in [1.82, 2.24) is 5.32 Å². The molecule has 0 saturated carbocycles. The summed E-state index contributed by atoms with van der Waals surface area (Å²) in [6, 6.07) is 5.54. The van der Waals surface area contributed by atoms with Gasteiger partial charge in [0.1, 0.15) is 5.75 Å². The monoisotopic (exact) mass is 243 g/mol. The second-order valence-electron chi connectivity index (χ2n) is 3.54. The van der Waals surface area contributed by atoms with Crippen LogP contribution in [0.1, 0.15) is 19.4 Å². The summed E-state index contributed by atoms with van der Waals surface area (Å²) in [5.74, 6) is 0.314. The molecular weight excluding hydrogens is 230 g/mol. The molecule has 3 heteroatoms. The van der Waals surface area contributed by atoms with Gasteiger partial charge in [0.15, 0.2) is 0 Å². The fourth-order valence-electron chi connectivity index (χ4n) is 1.17. The van der Waals surface area contributed by atoms with Crippen LogP contribution in [0.5, 0.6) is 5.75 Å². The molecule has 0 aliphatic rings. The van der Waals surface area contributed by atoms with Gasteiger partial charge in [-0.25, -0.2) is 0 Å². The standard InChI is InChI=1S/C10H14BrNO/c1-10(2,12-3)8-5-4-7(11)6-9(8)13/h4-6,12-13H,1-3H3. The maximum atomic E-state index is 9.69. The number of nitrogens with one attached hydrogen (secondary N) is 1. The van der Waals surface area contributed by atoms with Crippen LogP contribution in [-0.4, -0.2) is 12.2 Å². The predicted molar refractivity (Wildman–Crippen MR) is 57.9 cm³/mol. The van der Waals surface area contributed by atoms with Crippen molar-refractivity contribution >= 4 is 15.9 Å². The molecule has 72 valence electrons. The van der Waals surface area contributed by atoms with Crippen LogP contribution in [0.4, 0.5) is 0 Å². The summed E-state index contributed by atoms with van der Waals surface area (Å²) in [7, 11) is 1.88. The van der Waals surface area contributed by atoms with E-state index in [1.165, 1.54) is 0 Å². The zero-order valence-corrected chi connectivity index (χ0v) is 9.64. The van der Waals surface area contributed by atoms with Gasteiger partial charge in [0.05, 0.1) is 0 Å². The normalized spacial score (nSPS) is 11.7. The van der Waals surface area contributed by atoms with E-state index in [2.05, 4.69) is 21.2 Å². The fraction of sp³-hybridized carbons (Fsp3) is 0.400. The van der Waals surface area contributed by atoms with Crippen molar-refractivity contribution in [2.24, 2.45) is 0 Å². The van der Waals surface area contributed by atoms with Crippen molar-refractivity contribution in [2.75, 3.05) is 7.05 Å². The van der Waals surface area contributed by atoms with Crippen LogP contribution in [0, 0.1) is 0 Å². The van der Waals surface area contributed by atoms with Crippen molar-refractivity contribution in [3.63, 3.8) is 0 Å². The van der Waals surface area contributed by atoms with E-state index in [4.69, 9.17) is 0 Å². The summed E-state index contributed by atoms with van der Waals surface area (Å²) in [6.45, 7) is 4.05. The number of phenolic OH excluding ortho intramolecular Hbond substituents is 1. The number of phenols is 1. The van der Waals surface area contributed by atoms with Gasteiger partial charge < -0.3 is 10.4 Å². The highest BCUT2D eigenvalue weighted by Gasteiger charge is 2.21. The van der Waals surface area contributed by atoms with Gasteiger partial charge in [0.25, 0.3) is 0 Å². The van der Waals surface area contributed by atoms with E-state index in [0.717, 1.165) is 10.0 Å². The van der Waals surface area contributed by atoms with E-state index in [1.54, 1.807) is 6.07 Å². The summed E-state index contributed by atoms with van der Waals surface area (Å²) in [5, 5.41) is 12.8. The van der Waals surface area contributed by atoms with Crippen molar-refractivity contribution in [2.45, 2.75) is 19.4 Å². The van der Waals surface area contributed by atoms with Gasteiger partial charge in [-0.1, -0.05) is 22.0 Å². The Hall–Kier alpha value is -0.540. The highest BCUT2D eigenvalue weighted by molar-refractivity contribution is 9.10. The number of hydrogen-bond donors (Lipinski definition) is 2. The fourth-order valence-corrected chi connectivity index (χ4v) is 1.52. The molecule has 0 radical (unpaired) electrons. The first kappa shape index (κ1) is 10.5. The quantitative estimate of drug-likeness (QED) is 0.838. The number of halogens is 1. The number of hydrogen-bond acceptors (Lipinski definition) is 2. The van der Waals surface area contributed by atoms with Gasteiger partial charge in [-0.3, -0.25) is 0 Å². The Morgan fingerprint density at radius 3 is 2.46 bits per heavy atom. The Bertz CT molecular complexity index is 310. The van der Waals surface area contributed by atoms with Gasteiger partial charge in [-0.2, -0.15) is 0 Å². The second kappa shape index (κ2) is 3.68. The minimum atomic E-state index is -0.204. The van der Waals surface area contributed by atoms with Crippen LogP contribution in [0.3, 0.4) is 0 Å². The number of benzene rings is 1. The van der Waals surface area contributed by atoms with Gasteiger partial charge in [0, 0.05) is 15.6 Å². The lowest BCUT2D eigenvalue weighted by Crippen LogP contribution is -2.33. The van der Waals surface area contributed by atoms with Crippen LogP contribution < -0.4 is 5.32 Å². The largest absolute Gasteiger partial charge is 0.508 e. The molecule has 0 aliphatic carbocycles. The molecule has 0 saturated heterocycles. The zero-order chi connectivity index (χ0) is 10.1. The highest BCUT2D eigenvalue weighted by atomic mass is 79.9. The molecule has 13 heavy (non-hydrogen) atoms. The second-order valence-corrected chi connectivity index (χ2v) is 4.45. The first-order valence-electron chi connectivity index (χ1n) is 4.15. The molecule has 0 heterocycles. The predicted octanol–water partition coefficient (Wildman–Crippen LogP) is 2.61. The first-order valence-corrected chi connectivity index (χ1v) is 4.94. The molecule has 0 atom stereocenters. The molecule has 0 aromatic heterocycles. The average molecular weight is 244 g/mol. The lowest BCUT2D eigenvalue weighted by atomic mass is 9.94. The molecule has 0 bridgehead atoms. The van der Waals surface area contributed by atoms with Crippen molar-refractivity contribution in [1.29, 1.82) is 0 Å². The molecule has 0 unspecified atom stereocenters. The average Bonchev–Trinajstić information content (AvgIpc) is 2.03. The van der Waals surface area contributed by atoms with E-state index in [0.29, 0.717) is 5.75 Å². The van der Waals surface area contributed by atoms with Gasteiger partial charge >= 0.3 is 0 Å². The molecule has 0 fully saturated rings. The van der Waals surface area contributed by atoms with E-state index in [9.17, 15) is 5.11 Å². The van der Waals surface area contributed by atoms with Gasteiger partial charge in [-0.05, 0) is 33.0 Å². The molecule has 1 rings (SSSR count). The Morgan fingerprint density at radius 1 is 1.38 bits per heavy atom. The SMILES string of the molecule is CNC(C)(C)c1ccc(Br)cc1O. The lowest BCUT2D eigenvalue weighted by Gasteiger charge is -2.25. The summed E-state index contributed by atoms with van der Waals surface area (Å²) in [5.41, 5.74) is 0.698. The van der Waals surface area contributed by atoms with Crippen LogP contribution >= 0.6 is 15.9 Å². The molecule has 1 aromatic rings. The van der Waals surface area contributed by atoms with E-state index < -0.39 is 0 Å². The van der Waals surface area contributed by atoms with Crippen LogP contribution in [0.25, 0.3) is 0 Å². The Balaban J connectivity index is 3.16. The third-order valence-electron chi connectivity index (χ3n) is 2.26. The Morgan fingerprint density at radius 2 is 2.00 bits per heavy atom. The van der Waals surface area contributed by atoms with Crippen molar-refractivity contribution < 1.29 is 5.11 Å². The third-order valence-corrected chi connectivity index (χ3v) is 2.75. The van der Waals surface area contributed by atoms with Gasteiger partial charge in [-0.15, -0.1) is 0 Å². The van der Waals surface area contributed by atoms with Crippen LogP contribution in [0.2, 0.25) is 0 Å². The minimum Gasteiger partial charge on any atom is -0.508 e. The third kappa shape index (κ3) is 2.23.